The number of aromatic nitrogens is 1. The van der Waals surface area contributed by atoms with E-state index in [9.17, 15) is 0 Å². The van der Waals surface area contributed by atoms with E-state index >= 15 is 0 Å². The van der Waals surface area contributed by atoms with E-state index in [-0.39, 0.29) is 5.92 Å². The smallest absolute Gasteiger partial charge is 0.0492 e. The molecule has 0 fully saturated rings. The van der Waals surface area contributed by atoms with Gasteiger partial charge in [-0.3, -0.25) is 0 Å². The summed E-state index contributed by atoms with van der Waals surface area (Å²) >= 11 is 0. The van der Waals surface area contributed by atoms with E-state index in [0.717, 1.165) is 19.4 Å². The third-order valence-electron chi connectivity index (χ3n) is 5.61. The van der Waals surface area contributed by atoms with Gasteiger partial charge in [0.15, 0.2) is 0 Å². The molecular weight excluding hydrogens is 340 g/mol. The largest absolute Gasteiger partial charge is 0.384 e. The molecule has 4 rings (SSSR count). The maximum absolute atomic E-state index is 3.63. The van der Waals surface area contributed by atoms with Crippen molar-refractivity contribution in [3.8, 4) is 0 Å². The molecule has 1 aromatic heterocycles. The molecule has 0 bridgehead atoms. The van der Waals surface area contributed by atoms with E-state index in [4.69, 9.17) is 0 Å². The molecule has 144 valence electrons. The summed E-state index contributed by atoms with van der Waals surface area (Å²) < 4.78 is 0. The number of aromatic amines is 1. The van der Waals surface area contributed by atoms with Crippen LogP contribution in [0.3, 0.4) is 0 Å². The van der Waals surface area contributed by atoms with E-state index in [0.29, 0.717) is 0 Å². The summed E-state index contributed by atoms with van der Waals surface area (Å²) in [7, 11) is 0. The van der Waals surface area contributed by atoms with Crippen molar-refractivity contribution in [2.24, 2.45) is 0 Å². The van der Waals surface area contributed by atoms with Gasteiger partial charge in [-0.2, -0.15) is 0 Å². The molecule has 2 nitrogen and oxygen atoms in total. The standard InChI is InChI=1S/C26H30N2/c1-17(2)11-12-19-7-5-10-22-24(16-28-26(19)22)23(15-18(3)4)21-9-6-8-20-13-14-27-25(20)21/h5-11,15-16,23,27-28H,12-14H2,1-4H3. The molecule has 0 aliphatic carbocycles. The van der Waals surface area contributed by atoms with Crippen LogP contribution in [0.4, 0.5) is 5.69 Å². The highest BCUT2D eigenvalue weighted by molar-refractivity contribution is 5.88. The van der Waals surface area contributed by atoms with Crippen molar-refractivity contribution in [1.29, 1.82) is 0 Å². The average Bonchev–Trinajstić information content (AvgIpc) is 3.31. The van der Waals surface area contributed by atoms with Gasteiger partial charge in [-0.1, -0.05) is 59.7 Å². The number of hydrogen-bond donors (Lipinski definition) is 2. The van der Waals surface area contributed by atoms with Crippen molar-refractivity contribution in [3.63, 3.8) is 0 Å². The van der Waals surface area contributed by atoms with Gasteiger partial charge in [-0.15, -0.1) is 0 Å². The van der Waals surface area contributed by atoms with Gasteiger partial charge in [0.25, 0.3) is 0 Å². The van der Waals surface area contributed by atoms with Crippen LogP contribution in [-0.2, 0) is 12.8 Å². The molecule has 2 aromatic carbocycles. The van der Waals surface area contributed by atoms with Crippen LogP contribution in [0.25, 0.3) is 10.9 Å². The molecule has 0 saturated carbocycles. The molecule has 1 aliphatic heterocycles. The van der Waals surface area contributed by atoms with Gasteiger partial charge in [-0.05, 0) is 62.8 Å². The van der Waals surface area contributed by atoms with Crippen molar-refractivity contribution in [2.75, 3.05) is 11.9 Å². The van der Waals surface area contributed by atoms with Crippen LogP contribution in [0.15, 0.2) is 65.9 Å². The van der Waals surface area contributed by atoms with Crippen LogP contribution in [-0.4, -0.2) is 11.5 Å². The highest BCUT2D eigenvalue weighted by Crippen LogP contribution is 2.39. The van der Waals surface area contributed by atoms with Crippen LogP contribution >= 0.6 is 0 Å². The topological polar surface area (TPSA) is 27.8 Å². The quantitative estimate of drug-likeness (QED) is 0.478. The summed E-state index contributed by atoms with van der Waals surface area (Å²) in [5.41, 5.74) is 10.8. The minimum Gasteiger partial charge on any atom is -0.384 e. The normalized spacial score (nSPS) is 13.7. The highest BCUT2D eigenvalue weighted by atomic mass is 14.9. The van der Waals surface area contributed by atoms with Crippen molar-refractivity contribution in [2.45, 2.75) is 46.5 Å². The first-order valence-electron chi connectivity index (χ1n) is 10.3. The van der Waals surface area contributed by atoms with Gasteiger partial charge in [0.05, 0.1) is 0 Å². The number of benzene rings is 2. The second-order valence-corrected chi connectivity index (χ2v) is 8.35. The van der Waals surface area contributed by atoms with Gasteiger partial charge in [0.1, 0.15) is 0 Å². The van der Waals surface area contributed by atoms with Crippen LogP contribution in [0.2, 0.25) is 0 Å². The SMILES string of the molecule is CC(C)=CCc1cccc2c(C(C=C(C)C)c3cccc4c3NCC4)c[nH]c12. The van der Waals surface area contributed by atoms with Gasteiger partial charge < -0.3 is 10.3 Å². The lowest BCUT2D eigenvalue weighted by atomic mass is 9.87. The average molecular weight is 371 g/mol. The maximum Gasteiger partial charge on any atom is 0.0492 e. The molecule has 2 heteroatoms. The van der Waals surface area contributed by atoms with Crippen molar-refractivity contribution in [3.05, 3.63) is 88.1 Å². The molecule has 1 unspecified atom stereocenters. The van der Waals surface area contributed by atoms with Crippen LogP contribution in [0.1, 0.15) is 55.9 Å². The first-order valence-corrected chi connectivity index (χ1v) is 10.3. The van der Waals surface area contributed by atoms with E-state index in [1.165, 1.54) is 50.0 Å². The third kappa shape index (κ3) is 3.52. The molecule has 3 aromatic rings. The van der Waals surface area contributed by atoms with Crippen LogP contribution < -0.4 is 5.32 Å². The Balaban J connectivity index is 1.86. The van der Waals surface area contributed by atoms with Gasteiger partial charge >= 0.3 is 0 Å². The van der Waals surface area contributed by atoms with Gasteiger partial charge in [0, 0.05) is 35.2 Å². The predicted octanol–water partition coefficient (Wildman–Crippen LogP) is 6.74. The number of para-hydroxylation sites is 2. The van der Waals surface area contributed by atoms with Crippen molar-refractivity contribution >= 4 is 16.6 Å². The van der Waals surface area contributed by atoms with E-state index in [1.807, 2.05) is 0 Å². The van der Waals surface area contributed by atoms with Crippen molar-refractivity contribution < 1.29 is 0 Å². The second-order valence-electron chi connectivity index (χ2n) is 8.35. The van der Waals surface area contributed by atoms with E-state index in [2.05, 4.69) is 92.7 Å². The zero-order valence-corrected chi connectivity index (χ0v) is 17.4. The summed E-state index contributed by atoms with van der Waals surface area (Å²) in [5, 5.41) is 4.96. The Kier molecular flexibility index (Phi) is 5.13. The molecule has 28 heavy (non-hydrogen) atoms. The lowest BCUT2D eigenvalue weighted by Gasteiger charge is -2.18. The first kappa shape index (κ1) is 18.6. The maximum atomic E-state index is 3.63. The molecule has 0 spiro atoms. The zero-order chi connectivity index (χ0) is 19.7. The molecule has 0 amide bonds. The number of hydrogen-bond acceptors (Lipinski definition) is 1. The number of allylic oxidation sites excluding steroid dienone is 4. The number of H-pyrrole nitrogens is 1. The summed E-state index contributed by atoms with van der Waals surface area (Å²) in [4.78, 5) is 3.59. The molecular formula is C26H30N2. The van der Waals surface area contributed by atoms with Crippen molar-refractivity contribution in [1.82, 2.24) is 4.98 Å². The first-order chi connectivity index (χ1) is 13.5. The van der Waals surface area contributed by atoms with Gasteiger partial charge in [0.2, 0.25) is 0 Å². The van der Waals surface area contributed by atoms with Gasteiger partial charge in [-0.25, -0.2) is 0 Å². The Bertz CT molecular complexity index is 1060. The summed E-state index contributed by atoms with van der Waals surface area (Å²) in [6.07, 6.45) is 9.01. The fraction of sp³-hybridized carbons (Fsp3) is 0.308. The molecule has 1 atom stereocenters. The zero-order valence-electron chi connectivity index (χ0n) is 17.4. The number of fused-ring (bicyclic) bond motifs is 2. The van der Waals surface area contributed by atoms with E-state index in [1.54, 1.807) is 0 Å². The van der Waals surface area contributed by atoms with Crippen LogP contribution in [0.5, 0.6) is 0 Å². The highest BCUT2D eigenvalue weighted by Gasteiger charge is 2.23. The fourth-order valence-corrected chi connectivity index (χ4v) is 4.29. The Labute approximate surface area is 168 Å². The fourth-order valence-electron chi connectivity index (χ4n) is 4.29. The number of nitrogens with one attached hydrogen (secondary N) is 2. The Hall–Kier alpha value is -2.74. The number of rotatable bonds is 5. The predicted molar refractivity (Wildman–Crippen MR) is 121 cm³/mol. The minimum atomic E-state index is 0.248. The molecule has 0 saturated heterocycles. The van der Waals surface area contributed by atoms with E-state index < -0.39 is 0 Å². The third-order valence-corrected chi connectivity index (χ3v) is 5.61. The summed E-state index contributed by atoms with van der Waals surface area (Å²) in [6, 6.07) is 13.4. The molecule has 1 aliphatic rings. The molecule has 2 N–H and O–H groups in total. The molecule has 2 heterocycles. The Morgan fingerprint density at radius 3 is 2.61 bits per heavy atom. The van der Waals surface area contributed by atoms with Crippen LogP contribution in [0, 0.1) is 0 Å². The monoisotopic (exact) mass is 370 g/mol. The second kappa shape index (κ2) is 7.71. The Morgan fingerprint density at radius 2 is 1.82 bits per heavy atom. The Morgan fingerprint density at radius 1 is 1.00 bits per heavy atom. The number of anilines is 1. The summed E-state index contributed by atoms with van der Waals surface area (Å²) in [6.45, 7) is 9.74. The summed E-state index contributed by atoms with van der Waals surface area (Å²) in [5.74, 6) is 0.248. The molecule has 0 radical (unpaired) electrons. The minimum absolute atomic E-state index is 0.248. The lowest BCUT2D eigenvalue weighted by molar-refractivity contribution is 1.02. The lowest BCUT2D eigenvalue weighted by Crippen LogP contribution is -2.03.